The van der Waals surface area contributed by atoms with Crippen LogP contribution in [0, 0.1) is 0 Å². The van der Waals surface area contributed by atoms with E-state index in [4.69, 9.17) is 32.7 Å². The number of hydrogen-bond acceptors (Lipinski definition) is 5. The summed E-state index contributed by atoms with van der Waals surface area (Å²) in [6.07, 6.45) is 1.66. The summed E-state index contributed by atoms with van der Waals surface area (Å²) in [4.78, 5) is 12.4. The number of ether oxygens (including phenoxy) is 2. The molecule has 2 aliphatic rings. The van der Waals surface area contributed by atoms with E-state index < -0.39 is 15.9 Å². The van der Waals surface area contributed by atoms with Gasteiger partial charge in [0.1, 0.15) is 4.90 Å². The predicted molar refractivity (Wildman–Crippen MR) is 97.3 cm³/mol. The lowest BCUT2D eigenvalue weighted by molar-refractivity contribution is 0.0624. The number of rotatable bonds is 4. The standard InChI is InChI=1S/C16H20Cl2N2O5S/c17-13-9-14(18)15(26(22,23)20-3-6-24-7-4-20)8-12(13)16(21)19-11-2-1-5-25-10-11/h8-9,11H,1-7,10H2,(H,19,21). The number of carbonyl (C=O) groups is 1. The Hall–Kier alpha value is -0.900. The molecule has 0 saturated carbocycles. The Labute approximate surface area is 162 Å². The zero-order chi connectivity index (χ0) is 18.7. The minimum absolute atomic E-state index is 0.0148. The topological polar surface area (TPSA) is 84.9 Å². The van der Waals surface area contributed by atoms with Gasteiger partial charge in [0.2, 0.25) is 10.0 Å². The molecule has 26 heavy (non-hydrogen) atoms. The highest BCUT2D eigenvalue weighted by molar-refractivity contribution is 7.89. The number of morpholine rings is 1. The van der Waals surface area contributed by atoms with Gasteiger partial charge in [-0.3, -0.25) is 4.79 Å². The first-order chi connectivity index (χ1) is 12.4. The molecule has 3 rings (SSSR count). The molecule has 0 aliphatic carbocycles. The monoisotopic (exact) mass is 422 g/mol. The molecule has 1 amide bonds. The van der Waals surface area contributed by atoms with E-state index in [0.29, 0.717) is 26.4 Å². The molecule has 144 valence electrons. The summed E-state index contributed by atoms with van der Waals surface area (Å²) < 4.78 is 37.6. The number of benzene rings is 1. The molecule has 2 fully saturated rings. The van der Waals surface area contributed by atoms with E-state index in [9.17, 15) is 13.2 Å². The van der Waals surface area contributed by atoms with Crippen LogP contribution < -0.4 is 5.32 Å². The van der Waals surface area contributed by atoms with Crippen LogP contribution in [-0.2, 0) is 19.5 Å². The van der Waals surface area contributed by atoms with Crippen molar-refractivity contribution in [2.75, 3.05) is 39.5 Å². The number of halogens is 2. The van der Waals surface area contributed by atoms with Crippen LogP contribution in [0.1, 0.15) is 23.2 Å². The van der Waals surface area contributed by atoms with E-state index in [-0.39, 0.29) is 39.6 Å². The molecule has 2 aliphatic heterocycles. The second-order valence-electron chi connectivity index (χ2n) is 6.17. The van der Waals surface area contributed by atoms with Crippen LogP contribution >= 0.6 is 23.2 Å². The third-order valence-corrected chi connectivity index (χ3v) is 7.03. The Balaban J connectivity index is 1.87. The van der Waals surface area contributed by atoms with Crippen molar-refractivity contribution in [1.29, 1.82) is 0 Å². The highest BCUT2D eigenvalue weighted by Gasteiger charge is 2.30. The average Bonchev–Trinajstić information content (AvgIpc) is 2.63. The number of hydrogen-bond donors (Lipinski definition) is 1. The van der Waals surface area contributed by atoms with Crippen molar-refractivity contribution in [3.05, 3.63) is 27.7 Å². The maximum absolute atomic E-state index is 12.9. The second-order valence-corrected chi connectivity index (χ2v) is 8.89. The summed E-state index contributed by atoms with van der Waals surface area (Å²) >= 11 is 12.3. The van der Waals surface area contributed by atoms with E-state index in [2.05, 4.69) is 5.32 Å². The third-order valence-electron chi connectivity index (χ3n) is 4.35. The van der Waals surface area contributed by atoms with Crippen LogP contribution in [0.3, 0.4) is 0 Å². The Morgan fingerprint density at radius 3 is 2.50 bits per heavy atom. The maximum Gasteiger partial charge on any atom is 0.253 e. The van der Waals surface area contributed by atoms with E-state index >= 15 is 0 Å². The van der Waals surface area contributed by atoms with Gasteiger partial charge in [0.25, 0.3) is 5.91 Å². The lowest BCUT2D eigenvalue weighted by atomic mass is 10.1. The Kier molecular flexibility index (Phi) is 6.42. The van der Waals surface area contributed by atoms with Gasteiger partial charge in [0.15, 0.2) is 0 Å². The fourth-order valence-corrected chi connectivity index (χ4v) is 5.19. The van der Waals surface area contributed by atoms with Crippen molar-refractivity contribution in [1.82, 2.24) is 9.62 Å². The first-order valence-corrected chi connectivity index (χ1v) is 10.5. The van der Waals surface area contributed by atoms with Gasteiger partial charge in [0, 0.05) is 19.7 Å². The SMILES string of the molecule is O=C(NC1CCCOC1)c1cc(S(=O)(=O)N2CCOCC2)c(Cl)cc1Cl. The highest BCUT2D eigenvalue weighted by Crippen LogP contribution is 2.31. The van der Waals surface area contributed by atoms with Crippen molar-refractivity contribution < 1.29 is 22.7 Å². The van der Waals surface area contributed by atoms with Gasteiger partial charge in [-0.15, -0.1) is 0 Å². The van der Waals surface area contributed by atoms with Gasteiger partial charge in [0.05, 0.1) is 41.5 Å². The normalized spacial score (nSPS) is 22.2. The van der Waals surface area contributed by atoms with Gasteiger partial charge in [-0.1, -0.05) is 23.2 Å². The molecule has 0 spiro atoms. The molecule has 0 bridgehead atoms. The fourth-order valence-electron chi connectivity index (χ4n) is 2.94. The minimum Gasteiger partial charge on any atom is -0.379 e. The smallest absolute Gasteiger partial charge is 0.253 e. The largest absolute Gasteiger partial charge is 0.379 e. The number of nitrogens with zero attached hydrogens (tertiary/aromatic N) is 1. The van der Waals surface area contributed by atoms with Crippen LogP contribution in [0.15, 0.2) is 17.0 Å². The van der Waals surface area contributed by atoms with E-state index in [1.54, 1.807) is 0 Å². The average molecular weight is 423 g/mol. The van der Waals surface area contributed by atoms with Crippen LogP contribution in [0.4, 0.5) is 0 Å². The summed E-state index contributed by atoms with van der Waals surface area (Å²) in [5.74, 6) is -0.444. The molecule has 7 nitrogen and oxygen atoms in total. The second kappa shape index (κ2) is 8.41. The van der Waals surface area contributed by atoms with E-state index in [1.807, 2.05) is 0 Å². The minimum atomic E-state index is -3.84. The van der Waals surface area contributed by atoms with E-state index in [0.717, 1.165) is 12.8 Å². The summed E-state index contributed by atoms with van der Waals surface area (Å²) in [7, 11) is -3.84. The molecule has 0 aromatic heterocycles. The van der Waals surface area contributed by atoms with Gasteiger partial charge >= 0.3 is 0 Å². The lowest BCUT2D eigenvalue weighted by Crippen LogP contribution is -2.41. The zero-order valence-corrected chi connectivity index (χ0v) is 16.4. The quantitative estimate of drug-likeness (QED) is 0.800. The van der Waals surface area contributed by atoms with Crippen LogP contribution in [0.25, 0.3) is 0 Å². The fraction of sp³-hybridized carbons (Fsp3) is 0.562. The maximum atomic E-state index is 12.9. The van der Waals surface area contributed by atoms with Gasteiger partial charge in [-0.2, -0.15) is 4.31 Å². The van der Waals surface area contributed by atoms with Crippen molar-refractivity contribution in [2.24, 2.45) is 0 Å². The molecule has 1 aromatic carbocycles. The Bertz CT molecular complexity index is 775. The first-order valence-electron chi connectivity index (χ1n) is 8.35. The summed E-state index contributed by atoms with van der Waals surface area (Å²) in [5, 5.41) is 2.92. The van der Waals surface area contributed by atoms with Gasteiger partial charge in [-0.05, 0) is 25.0 Å². The van der Waals surface area contributed by atoms with Gasteiger partial charge in [-0.25, -0.2) is 8.42 Å². The molecule has 1 unspecified atom stereocenters. The number of sulfonamides is 1. The number of nitrogens with one attached hydrogen (secondary N) is 1. The van der Waals surface area contributed by atoms with Crippen molar-refractivity contribution in [2.45, 2.75) is 23.8 Å². The molecule has 2 saturated heterocycles. The first kappa shape index (κ1) is 19.9. The molecule has 0 radical (unpaired) electrons. The van der Waals surface area contributed by atoms with Gasteiger partial charge < -0.3 is 14.8 Å². The number of amides is 1. The lowest BCUT2D eigenvalue weighted by Gasteiger charge is -2.27. The van der Waals surface area contributed by atoms with Crippen molar-refractivity contribution in [3.63, 3.8) is 0 Å². The van der Waals surface area contributed by atoms with E-state index in [1.165, 1.54) is 16.4 Å². The molecular formula is C16H20Cl2N2O5S. The molecule has 1 aromatic rings. The van der Waals surface area contributed by atoms with Crippen LogP contribution in [0.2, 0.25) is 10.0 Å². The van der Waals surface area contributed by atoms with Crippen LogP contribution in [-0.4, -0.2) is 64.2 Å². The zero-order valence-electron chi connectivity index (χ0n) is 14.0. The predicted octanol–water partition coefficient (Wildman–Crippen LogP) is 1.92. The molecule has 10 heteroatoms. The summed E-state index contributed by atoms with van der Waals surface area (Å²) in [6, 6.07) is 2.42. The molecule has 2 heterocycles. The van der Waals surface area contributed by atoms with Crippen LogP contribution in [0.5, 0.6) is 0 Å². The molecule has 1 atom stereocenters. The Morgan fingerprint density at radius 1 is 1.12 bits per heavy atom. The molecule has 1 N–H and O–H groups in total. The highest BCUT2D eigenvalue weighted by atomic mass is 35.5. The Morgan fingerprint density at radius 2 is 1.85 bits per heavy atom. The molecular weight excluding hydrogens is 403 g/mol. The summed E-state index contributed by atoms with van der Waals surface area (Å²) in [5.41, 5.74) is 0.0773. The number of carbonyl (C=O) groups excluding carboxylic acids is 1. The van der Waals surface area contributed by atoms with Crippen molar-refractivity contribution >= 4 is 39.1 Å². The van der Waals surface area contributed by atoms with Crippen molar-refractivity contribution in [3.8, 4) is 0 Å². The summed E-state index contributed by atoms with van der Waals surface area (Å²) in [6.45, 7) is 2.22. The third kappa shape index (κ3) is 4.32.